The van der Waals surface area contributed by atoms with Gasteiger partial charge in [-0.15, -0.1) is 0 Å². The molecule has 2 amide bonds. The van der Waals surface area contributed by atoms with E-state index in [1.807, 2.05) is 6.92 Å². The van der Waals surface area contributed by atoms with Crippen molar-refractivity contribution in [3.63, 3.8) is 0 Å². The molecular formula is C8H17N3O2. The Labute approximate surface area is 78.1 Å². The molecule has 0 saturated carbocycles. The number of carbonyl (C=O) groups is 2. The lowest BCUT2D eigenvalue weighted by atomic mass is 10.2. The van der Waals surface area contributed by atoms with Gasteiger partial charge in [-0.05, 0) is 6.42 Å². The summed E-state index contributed by atoms with van der Waals surface area (Å²) in [5.74, 6) is -0.498. The minimum absolute atomic E-state index is 0.00719. The Morgan fingerprint density at radius 1 is 1.46 bits per heavy atom. The minimum Gasteiger partial charge on any atom is -0.358 e. The van der Waals surface area contributed by atoms with Gasteiger partial charge in [-0.3, -0.25) is 9.59 Å². The SMILES string of the molecule is CCCC(N)C(=O)NCC(=O)NC. The molecule has 1 unspecified atom stereocenters. The van der Waals surface area contributed by atoms with Crippen LogP contribution in [0.3, 0.4) is 0 Å². The van der Waals surface area contributed by atoms with Crippen molar-refractivity contribution in [2.45, 2.75) is 25.8 Å². The maximum Gasteiger partial charge on any atom is 0.239 e. The molecule has 5 nitrogen and oxygen atoms in total. The fraction of sp³-hybridized carbons (Fsp3) is 0.750. The molecular weight excluding hydrogens is 170 g/mol. The van der Waals surface area contributed by atoms with Gasteiger partial charge in [0.1, 0.15) is 0 Å². The van der Waals surface area contributed by atoms with Gasteiger partial charge in [0.15, 0.2) is 0 Å². The number of amides is 2. The summed E-state index contributed by atoms with van der Waals surface area (Å²) in [6, 6.07) is -0.505. The normalized spacial score (nSPS) is 11.9. The summed E-state index contributed by atoms with van der Waals surface area (Å²) in [5.41, 5.74) is 5.51. The lowest BCUT2D eigenvalue weighted by Gasteiger charge is -2.09. The average Bonchev–Trinajstić information content (AvgIpc) is 2.13. The van der Waals surface area contributed by atoms with Crippen molar-refractivity contribution in [3.8, 4) is 0 Å². The Morgan fingerprint density at radius 2 is 2.08 bits per heavy atom. The fourth-order valence-electron chi connectivity index (χ4n) is 0.829. The van der Waals surface area contributed by atoms with Crippen molar-refractivity contribution < 1.29 is 9.59 Å². The Kier molecular flexibility index (Phi) is 5.88. The highest BCUT2D eigenvalue weighted by Gasteiger charge is 2.12. The number of hydrogen-bond donors (Lipinski definition) is 3. The van der Waals surface area contributed by atoms with Crippen LogP contribution in [0.15, 0.2) is 0 Å². The second kappa shape index (κ2) is 6.42. The first-order valence-electron chi connectivity index (χ1n) is 4.35. The first-order chi connectivity index (χ1) is 6.11. The van der Waals surface area contributed by atoms with Crippen LogP contribution in [0.1, 0.15) is 19.8 Å². The molecule has 0 aliphatic heterocycles. The third kappa shape index (κ3) is 5.19. The van der Waals surface area contributed by atoms with E-state index in [1.54, 1.807) is 0 Å². The largest absolute Gasteiger partial charge is 0.358 e. The van der Waals surface area contributed by atoms with Crippen molar-refractivity contribution >= 4 is 11.8 Å². The molecule has 0 fully saturated rings. The molecule has 0 aliphatic carbocycles. The summed E-state index contributed by atoms with van der Waals surface area (Å²) >= 11 is 0. The lowest BCUT2D eigenvalue weighted by molar-refractivity contribution is -0.126. The zero-order valence-corrected chi connectivity index (χ0v) is 8.09. The zero-order valence-electron chi connectivity index (χ0n) is 8.09. The Hall–Kier alpha value is -1.10. The molecule has 0 saturated heterocycles. The van der Waals surface area contributed by atoms with Gasteiger partial charge >= 0.3 is 0 Å². The summed E-state index contributed by atoms with van der Waals surface area (Å²) in [4.78, 5) is 21.9. The first kappa shape index (κ1) is 11.9. The molecule has 0 bridgehead atoms. The van der Waals surface area contributed by atoms with E-state index in [2.05, 4.69) is 10.6 Å². The molecule has 1 atom stereocenters. The Balaban J connectivity index is 3.67. The van der Waals surface area contributed by atoms with E-state index >= 15 is 0 Å². The van der Waals surface area contributed by atoms with Crippen LogP contribution in [0.5, 0.6) is 0 Å². The van der Waals surface area contributed by atoms with Crippen LogP contribution in [0.2, 0.25) is 0 Å². The van der Waals surface area contributed by atoms with Crippen molar-refractivity contribution in [2.75, 3.05) is 13.6 Å². The Morgan fingerprint density at radius 3 is 2.54 bits per heavy atom. The predicted octanol–water partition coefficient (Wildman–Crippen LogP) is -1.02. The van der Waals surface area contributed by atoms with Crippen molar-refractivity contribution in [3.05, 3.63) is 0 Å². The lowest BCUT2D eigenvalue weighted by Crippen LogP contribution is -2.44. The van der Waals surface area contributed by atoms with E-state index in [9.17, 15) is 9.59 Å². The zero-order chi connectivity index (χ0) is 10.3. The predicted molar refractivity (Wildman–Crippen MR) is 50.0 cm³/mol. The highest BCUT2D eigenvalue weighted by Crippen LogP contribution is 1.92. The van der Waals surface area contributed by atoms with Crippen molar-refractivity contribution in [2.24, 2.45) is 5.73 Å². The van der Waals surface area contributed by atoms with Gasteiger partial charge in [0.25, 0.3) is 0 Å². The van der Waals surface area contributed by atoms with Gasteiger partial charge in [-0.1, -0.05) is 13.3 Å². The van der Waals surface area contributed by atoms with E-state index in [0.29, 0.717) is 6.42 Å². The molecule has 0 radical (unpaired) electrons. The molecule has 5 heteroatoms. The molecule has 0 aromatic heterocycles. The fourth-order valence-corrected chi connectivity index (χ4v) is 0.829. The molecule has 0 spiro atoms. The summed E-state index contributed by atoms with van der Waals surface area (Å²) in [6.07, 6.45) is 1.49. The van der Waals surface area contributed by atoms with E-state index in [-0.39, 0.29) is 18.4 Å². The maximum absolute atomic E-state index is 11.1. The summed E-state index contributed by atoms with van der Waals surface area (Å²) in [5, 5.41) is 4.84. The average molecular weight is 187 g/mol. The van der Waals surface area contributed by atoms with Crippen LogP contribution >= 0.6 is 0 Å². The third-order valence-electron chi connectivity index (χ3n) is 1.64. The molecule has 0 aromatic rings. The van der Waals surface area contributed by atoms with Crippen LogP contribution < -0.4 is 16.4 Å². The number of nitrogens with one attached hydrogen (secondary N) is 2. The molecule has 13 heavy (non-hydrogen) atoms. The second-order valence-electron chi connectivity index (χ2n) is 2.79. The molecule has 0 aliphatic rings. The smallest absolute Gasteiger partial charge is 0.239 e. The van der Waals surface area contributed by atoms with Crippen LogP contribution in [-0.4, -0.2) is 31.4 Å². The van der Waals surface area contributed by atoms with Gasteiger partial charge in [0, 0.05) is 7.05 Å². The molecule has 76 valence electrons. The molecule has 0 heterocycles. The topological polar surface area (TPSA) is 84.2 Å². The van der Waals surface area contributed by atoms with Gasteiger partial charge in [-0.2, -0.15) is 0 Å². The van der Waals surface area contributed by atoms with Crippen LogP contribution in [-0.2, 0) is 9.59 Å². The number of hydrogen-bond acceptors (Lipinski definition) is 3. The van der Waals surface area contributed by atoms with Crippen molar-refractivity contribution in [1.29, 1.82) is 0 Å². The van der Waals surface area contributed by atoms with Gasteiger partial charge in [0.2, 0.25) is 11.8 Å². The first-order valence-corrected chi connectivity index (χ1v) is 4.35. The number of rotatable bonds is 5. The number of nitrogens with two attached hydrogens (primary N) is 1. The highest BCUT2D eigenvalue weighted by molar-refractivity contribution is 5.87. The van der Waals surface area contributed by atoms with E-state index in [0.717, 1.165) is 6.42 Å². The van der Waals surface area contributed by atoms with E-state index in [1.165, 1.54) is 7.05 Å². The Bertz CT molecular complexity index is 182. The minimum atomic E-state index is -0.505. The summed E-state index contributed by atoms with van der Waals surface area (Å²) < 4.78 is 0. The third-order valence-corrected chi connectivity index (χ3v) is 1.64. The maximum atomic E-state index is 11.1. The summed E-state index contributed by atoms with van der Waals surface area (Å²) in [7, 11) is 1.51. The van der Waals surface area contributed by atoms with Crippen LogP contribution in [0.4, 0.5) is 0 Å². The summed E-state index contributed by atoms with van der Waals surface area (Å²) in [6.45, 7) is 1.94. The van der Waals surface area contributed by atoms with Gasteiger partial charge < -0.3 is 16.4 Å². The number of carbonyl (C=O) groups excluding carboxylic acids is 2. The van der Waals surface area contributed by atoms with Gasteiger partial charge in [-0.25, -0.2) is 0 Å². The molecule has 0 rings (SSSR count). The van der Waals surface area contributed by atoms with Crippen LogP contribution in [0, 0.1) is 0 Å². The standard InChI is InChI=1S/C8H17N3O2/c1-3-4-6(9)8(13)11-5-7(12)10-2/h6H,3-5,9H2,1-2H3,(H,10,12)(H,11,13). The second-order valence-corrected chi connectivity index (χ2v) is 2.79. The van der Waals surface area contributed by atoms with Gasteiger partial charge in [0.05, 0.1) is 12.6 Å². The molecule has 4 N–H and O–H groups in total. The highest BCUT2D eigenvalue weighted by atomic mass is 16.2. The van der Waals surface area contributed by atoms with E-state index < -0.39 is 6.04 Å². The monoisotopic (exact) mass is 187 g/mol. The quantitative estimate of drug-likeness (QED) is 0.515. The van der Waals surface area contributed by atoms with Crippen molar-refractivity contribution in [1.82, 2.24) is 10.6 Å². The number of likely N-dealkylation sites (N-methyl/N-ethyl adjacent to an activating group) is 1. The van der Waals surface area contributed by atoms with Crippen LogP contribution in [0.25, 0.3) is 0 Å². The molecule has 0 aromatic carbocycles. The van der Waals surface area contributed by atoms with E-state index in [4.69, 9.17) is 5.73 Å².